The molecule has 0 fully saturated rings. The molecule has 0 aromatic carbocycles. The van der Waals surface area contributed by atoms with Crippen LogP contribution in [-0.2, 0) is 32.3 Å². The minimum atomic E-state index is -2.52. The molecule has 0 unspecified atom stereocenters. The van der Waals surface area contributed by atoms with Crippen molar-refractivity contribution < 1.29 is 32.3 Å². The lowest BCUT2D eigenvalue weighted by molar-refractivity contribution is -0.140. The third-order valence-electron chi connectivity index (χ3n) is 2.45. The average Bonchev–Trinajstić information content (AvgIpc) is 2.49. The molecule has 7 nitrogen and oxygen atoms in total. The lowest BCUT2D eigenvalue weighted by Crippen LogP contribution is -2.42. The highest BCUT2D eigenvalue weighted by molar-refractivity contribution is 6.60. The summed E-state index contributed by atoms with van der Waals surface area (Å²) in [5, 5.41) is 0. The van der Waals surface area contributed by atoms with Gasteiger partial charge in [0.1, 0.15) is 0 Å². The van der Waals surface area contributed by atoms with Crippen LogP contribution in [0.4, 0.5) is 0 Å². The van der Waals surface area contributed by atoms with Crippen molar-refractivity contribution in [3.8, 4) is 0 Å². The molecule has 0 saturated carbocycles. The van der Waals surface area contributed by atoms with Gasteiger partial charge >= 0.3 is 20.7 Å². The quantitative estimate of drug-likeness (QED) is 0.275. The van der Waals surface area contributed by atoms with E-state index in [0.29, 0.717) is 25.7 Å². The first-order chi connectivity index (χ1) is 10.4. The second-order valence-corrected chi connectivity index (χ2v) is 7.08. The normalized spacial score (nSPS) is 10.8. The summed E-state index contributed by atoms with van der Waals surface area (Å²) in [6.07, 6.45) is 3.68. The molecule has 0 aliphatic rings. The molecule has 22 heavy (non-hydrogen) atoms. The van der Waals surface area contributed by atoms with Crippen LogP contribution in [-0.4, -0.2) is 55.3 Å². The Hall–Kier alpha value is -1.22. The predicted octanol–water partition coefficient (Wildman–Crippen LogP) is 1.94. The molecule has 0 aromatic rings. The summed E-state index contributed by atoms with van der Waals surface area (Å²) < 4.78 is 25.0. The van der Waals surface area contributed by atoms with Crippen LogP contribution in [0, 0.1) is 0 Å². The van der Waals surface area contributed by atoms with Crippen molar-refractivity contribution in [2.24, 2.45) is 0 Å². The zero-order valence-electron chi connectivity index (χ0n) is 14.3. The van der Waals surface area contributed by atoms with Crippen molar-refractivity contribution >= 4 is 20.7 Å². The number of allylic oxidation sites excluding steroid dienone is 1. The number of rotatable bonds is 9. The Morgan fingerprint density at radius 3 is 1.91 bits per heavy atom. The van der Waals surface area contributed by atoms with E-state index >= 15 is 0 Å². The van der Waals surface area contributed by atoms with Crippen LogP contribution in [0.15, 0.2) is 12.2 Å². The van der Waals surface area contributed by atoms with E-state index in [0.717, 1.165) is 0 Å². The molecule has 0 aliphatic heterocycles. The van der Waals surface area contributed by atoms with Gasteiger partial charge in [0.05, 0.1) is 13.2 Å². The van der Waals surface area contributed by atoms with Gasteiger partial charge in [0.15, 0.2) is 0 Å². The zero-order chi connectivity index (χ0) is 17.4. The highest BCUT2D eigenvalue weighted by Crippen LogP contribution is 2.14. The summed E-state index contributed by atoms with van der Waals surface area (Å²) in [7, 11) is 2.16. The van der Waals surface area contributed by atoms with E-state index in [4.69, 9.17) is 18.0 Å². The second kappa shape index (κ2) is 14.7. The maximum absolute atomic E-state index is 11.0. The molecule has 0 aromatic heterocycles. The summed E-state index contributed by atoms with van der Waals surface area (Å²) >= 11 is 0. The summed E-state index contributed by atoms with van der Waals surface area (Å²) in [5.41, 5.74) is 0. The van der Waals surface area contributed by atoms with Gasteiger partial charge in [-0.25, -0.2) is 4.79 Å². The third-order valence-corrected chi connectivity index (χ3v) is 5.29. The van der Waals surface area contributed by atoms with Gasteiger partial charge in [-0.1, -0.05) is 6.08 Å². The van der Waals surface area contributed by atoms with Gasteiger partial charge in [-0.15, -0.1) is 0 Å². The highest BCUT2D eigenvalue weighted by Gasteiger charge is 2.36. The minimum Gasteiger partial charge on any atom is -0.466 e. The molecule has 0 bridgehead atoms. The molecule has 0 radical (unpaired) electrons. The first-order valence-electron chi connectivity index (χ1n) is 6.99. The minimum absolute atomic E-state index is 0.211. The van der Waals surface area contributed by atoms with Crippen molar-refractivity contribution in [1.82, 2.24) is 0 Å². The first-order valence-corrected chi connectivity index (χ1v) is 8.92. The maximum atomic E-state index is 11.0. The fourth-order valence-corrected chi connectivity index (χ4v) is 3.09. The van der Waals surface area contributed by atoms with Crippen LogP contribution >= 0.6 is 0 Å². The van der Waals surface area contributed by atoms with Crippen molar-refractivity contribution in [3.63, 3.8) is 0 Å². The lowest BCUT2D eigenvalue weighted by atomic mass is 10.5. The number of esters is 2. The van der Waals surface area contributed by atoms with Crippen LogP contribution in [0.25, 0.3) is 0 Å². The number of carbonyl (C=O) groups excluding carboxylic acids is 2. The number of carbonyl (C=O) groups is 2. The van der Waals surface area contributed by atoms with E-state index in [1.54, 1.807) is 41.3 Å². The molecule has 0 aliphatic carbocycles. The fraction of sp³-hybridized carbons (Fsp3) is 0.714. The maximum Gasteiger partial charge on any atom is 0.500 e. The Labute approximate surface area is 133 Å². The standard InChI is InChI=1S/C10H20O5Si.C4H8O2/c1-5-7-10(11)15-8-6-9-16(12-2,13-3)14-4;1-3-6-4(2)5/h5,7H,6,8-9H2,1-4H3;3H2,1-2H3. The van der Waals surface area contributed by atoms with Crippen molar-refractivity contribution in [3.05, 3.63) is 12.2 Å². The van der Waals surface area contributed by atoms with Gasteiger partial charge in [-0.05, 0) is 20.3 Å². The van der Waals surface area contributed by atoms with Crippen LogP contribution < -0.4 is 0 Å². The number of hydrogen-bond donors (Lipinski definition) is 0. The second-order valence-electron chi connectivity index (χ2n) is 3.99. The van der Waals surface area contributed by atoms with Crippen LogP contribution in [0.1, 0.15) is 27.2 Å². The predicted molar refractivity (Wildman–Crippen MR) is 84.3 cm³/mol. The summed E-state index contributed by atoms with van der Waals surface area (Å²) in [4.78, 5) is 20.8. The van der Waals surface area contributed by atoms with Crippen LogP contribution in [0.2, 0.25) is 6.04 Å². The van der Waals surface area contributed by atoms with E-state index in [9.17, 15) is 9.59 Å². The average molecular weight is 336 g/mol. The van der Waals surface area contributed by atoms with Crippen molar-refractivity contribution in [2.75, 3.05) is 34.5 Å². The highest BCUT2D eigenvalue weighted by atomic mass is 28.4. The van der Waals surface area contributed by atoms with E-state index in [-0.39, 0.29) is 11.9 Å². The van der Waals surface area contributed by atoms with E-state index < -0.39 is 8.80 Å². The molecule has 0 N–H and O–H groups in total. The van der Waals surface area contributed by atoms with E-state index in [2.05, 4.69) is 4.74 Å². The summed E-state index contributed by atoms with van der Waals surface area (Å²) in [6, 6.07) is 0.625. The Morgan fingerprint density at radius 2 is 1.59 bits per heavy atom. The number of hydrogen-bond acceptors (Lipinski definition) is 7. The largest absolute Gasteiger partial charge is 0.500 e. The first kappa shape index (κ1) is 23.0. The molecule has 0 atom stereocenters. The topological polar surface area (TPSA) is 80.3 Å². The smallest absolute Gasteiger partial charge is 0.466 e. The van der Waals surface area contributed by atoms with Gasteiger partial charge in [0, 0.05) is 40.4 Å². The molecule has 0 saturated heterocycles. The molecule has 0 rings (SSSR count). The molecule has 0 heterocycles. The van der Waals surface area contributed by atoms with E-state index in [1.165, 1.54) is 13.0 Å². The SMILES string of the molecule is CC=CC(=O)OCCC[Si](OC)(OC)OC.CCOC(C)=O. The molecule has 0 amide bonds. The Bertz CT molecular complexity index is 319. The monoisotopic (exact) mass is 336 g/mol. The van der Waals surface area contributed by atoms with Gasteiger partial charge < -0.3 is 22.8 Å². The van der Waals surface area contributed by atoms with Crippen molar-refractivity contribution in [2.45, 2.75) is 33.2 Å². The fourth-order valence-electron chi connectivity index (χ4n) is 1.41. The van der Waals surface area contributed by atoms with Gasteiger partial charge in [0.25, 0.3) is 0 Å². The van der Waals surface area contributed by atoms with Gasteiger partial charge in [-0.2, -0.15) is 0 Å². The molecule has 130 valence electrons. The molecular weight excluding hydrogens is 308 g/mol. The Kier molecular flexibility index (Phi) is 15.4. The van der Waals surface area contributed by atoms with Crippen molar-refractivity contribution in [1.29, 1.82) is 0 Å². The van der Waals surface area contributed by atoms with E-state index in [1.807, 2.05) is 0 Å². The summed E-state index contributed by atoms with van der Waals surface area (Å²) in [6.45, 7) is 5.76. The van der Waals surface area contributed by atoms with Gasteiger partial charge in [-0.3, -0.25) is 4.79 Å². The third kappa shape index (κ3) is 12.5. The number of ether oxygens (including phenoxy) is 2. The Morgan fingerprint density at radius 1 is 1.05 bits per heavy atom. The Balaban J connectivity index is 0. The molecular formula is C14H28O7Si. The zero-order valence-corrected chi connectivity index (χ0v) is 15.3. The van der Waals surface area contributed by atoms with Crippen LogP contribution in [0.3, 0.4) is 0 Å². The molecule has 0 spiro atoms. The van der Waals surface area contributed by atoms with Gasteiger partial charge in [0.2, 0.25) is 0 Å². The van der Waals surface area contributed by atoms with Crippen LogP contribution in [0.5, 0.6) is 0 Å². The lowest BCUT2D eigenvalue weighted by Gasteiger charge is -2.23. The summed E-state index contributed by atoms with van der Waals surface area (Å²) in [5.74, 6) is -0.542. The molecule has 8 heteroatoms.